The molecule has 0 aromatic rings. The van der Waals surface area contributed by atoms with Crippen LogP contribution < -0.4 is 0 Å². The van der Waals surface area contributed by atoms with Gasteiger partial charge in [0, 0.05) is 11.6 Å². The summed E-state index contributed by atoms with van der Waals surface area (Å²) < 4.78 is 0. The summed E-state index contributed by atoms with van der Waals surface area (Å²) in [5, 5.41) is 2.23. The Morgan fingerprint density at radius 2 is 1.79 bits per heavy atom. The van der Waals surface area contributed by atoms with Crippen LogP contribution in [0.5, 0.6) is 0 Å². The lowest BCUT2D eigenvalue weighted by molar-refractivity contribution is -0.208. The Kier molecular flexibility index (Phi) is 3.27. The Morgan fingerprint density at radius 1 is 1.21 bits per heavy atom. The van der Waals surface area contributed by atoms with Crippen LogP contribution in [0.4, 0.5) is 0 Å². The van der Waals surface area contributed by atoms with Gasteiger partial charge >= 0.3 is 0 Å². The van der Waals surface area contributed by atoms with Gasteiger partial charge in [0.1, 0.15) is 0 Å². The zero-order valence-electron chi connectivity index (χ0n) is 10.6. The normalized spacial score (nSPS) is 25.7. The summed E-state index contributed by atoms with van der Waals surface area (Å²) in [4.78, 5) is 5.78. The molecule has 1 fully saturated rings. The first-order valence-corrected chi connectivity index (χ1v) is 5.71. The minimum Gasteiger partial charge on any atom is -0.298 e. The van der Waals surface area contributed by atoms with Gasteiger partial charge in [0.05, 0.1) is 6.61 Å². The van der Waals surface area contributed by atoms with Crippen LogP contribution in [-0.4, -0.2) is 23.3 Å². The predicted octanol–water partition coefficient (Wildman–Crippen LogP) is 3.23. The lowest BCUT2D eigenvalue weighted by atomic mass is 9.83. The number of nitrogens with zero attached hydrogens (tertiary/aromatic N) is 1. The van der Waals surface area contributed by atoms with Crippen molar-refractivity contribution in [2.45, 2.75) is 66.0 Å². The van der Waals surface area contributed by atoms with E-state index in [1.54, 1.807) is 0 Å². The number of rotatable bonds is 2. The van der Waals surface area contributed by atoms with Crippen LogP contribution in [-0.2, 0) is 4.84 Å². The molecule has 1 aliphatic heterocycles. The Balaban J connectivity index is 2.79. The van der Waals surface area contributed by atoms with Crippen molar-refractivity contribution < 1.29 is 4.84 Å². The highest BCUT2D eigenvalue weighted by molar-refractivity contribution is 4.89. The second-order valence-corrected chi connectivity index (χ2v) is 6.00. The zero-order chi connectivity index (χ0) is 11.0. The molecule has 1 atom stereocenters. The molecule has 1 aliphatic rings. The molecule has 0 aromatic heterocycles. The zero-order valence-corrected chi connectivity index (χ0v) is 10.6. The van der Waals surface area contributed by atoms with Gasteiger partial charge in [0.15, 0.2) is 0 Å². The third-order valence-corrected chi connectivity index (χ3v) is 3.37. The third kappa shape index (κ3) is 2.29. The summed E-state index contributed by atoms with van der Waals surface area (Å²) in [6, 6.07) is 0.553. The van der Waals surface area contributed by atoms with Gasteiger partial charge in [0.25, 0.3) is 0 Å². The molecular formula is C12H25NO. The van der Waals surface area contributed by atoms with Crippen LogP contribution in [0, 0.1) is 5.41 Å². The van der Waals surface area contributed by atoms with Gasteiger partial charge in [-0.3, -0.25) is 4.84 Å². The summed E-state index contributed by atoms with van der Waals surface area (Å²) in [6.07, 6.45) is 2.28. The monoisotopic (exact) mass is 199 g/mol. The van der Waals surface area contributed by atoms with Gasteiger partial charge in [-0.05, 0) is 32.1 Å². The van der Waals surface area contributed by atoms with E-state index in [9.17, 15) is 0 Å². The lowest BCUT2D eigenvalue weighted by Gasteiger charge is -2.42. The van der Waals surface area contributed by atoms with Crippen molar-refractivity contribution in [2.24, 2.45) is 5.41 Å². The molecular weight excluding hydrogens is 174 g/mol. The molecule has 0 aliphatic carbocycles. The first-order chi connectivity index (χ1) is 6.29. The van der Waals surface area contributed by atoms with Gasteiger partial charge in [-0.2, -0.15) is 5.06 Å². The van der Waals surface area contributed by atoms with Gasteiger partial charge in [0.2, 0.25) is 0 Å². The second kappa shape index (κ2) is 3.82. The lowest BCUT2D eigenvalue weighted by Crippen LogP contribution is -2.50. The molecule has 0 bridgehead atoms. The van der Waals surface area contributed by atoms with Crippen molar-refractivity contribution in [3.8, 4) is 0 Å². The molecule has 1 unspecified atom stereocenters. The predicted molar refractivity (Wildman–Crippen MR) is 60.0 cm³/mol. The molecule has 1 heterocycles. The Hall–Kier alpha value is -0.0800. The quantitative estimate of drug-likeness (QED) is 0.677. The average molecular weight is 199 g/mol. The molecule has 0 amide bonds. The molecule has 2 nitrogen and oxygen atoms in total. The molecule has 0 spiro atoms. The van der Waals surface area contributed by atoms with Gasteiger partial charge in [-0.25, -0.2) is 0 Å². The fourth-order valence-electron chi connectivity index (χ4n) is 2.01. The Bertz CT molecular complexity index is 193. The van der Waals surface area contributed by atoms with Crippen LogP contribution in [0.3, 0.4) is 0 Å². The van der Waals surface area contributed by atoms with Crippen molar-refractivity contribution >= 4 is 0 Å². The van der Waals surface area contributed by atoms with Gasteiger partial charge in [-0.15, -0.1) is 0 Å². The second-order valence-electron chi connectivity index (χ2n) is 6.00. The van der Waals surface area contributed by atoms with E-state index in [0.717, 1.165) is 19.4 Å². The minimum absolute atomic E-state index is 0.161. The molecule has 14 heavy (non-hydrogen) atoms. The van der Waals surface area contributed by atoms with Crippen LogP contribution in [0.25, 0.3) is 0 Å². The Labute approximate surface area is 88.6 Å². The fraction of sp³-hybridized carbons (Fsp3) is 1.00. The van der Waals surface area contributed by atoms with Gasteiger partial charge < -0.3 is 0 Å². The first kappa shape index (κ1) is 12.0. The van der Waals surface area contributed by atoms with Crippen LogP contribution in [0.1, 0.15) is 54.4 Å². The van der Waals surface area contributed by atoms with E-state index < -0.39 is 0 Å². The highest BCUT2D eigenvalue weighted by Gasteiger charge is 2.42. The molecule has 1 saturated heterocycles. The third-order valence-electron chi connectivity index (χ3n) is 3.37. The van der Waals surface area contributed by atoms with Crippen molar-refractivity contribution in [1.29, 1.82) is 0 Å². The first-order valence-electron chi connectivity index (χ1n) is 5.71. The molecule has 0 N–H and O–H groups in total. The molecule has 0 aromatic carbocycles. The van der Waals surface area contributed by atoms with E-state index in [2.05, 4.69) is 46.6 Å². The average Bonchev–Trinajstić information content (AvgIpc) is 2.51. The van der Waals surface area contributed by atoms with Crippen LogP contribution >= 0.6 is 0 Å². The number of hydrogen-bond acceptors (Lipinski definition) is 2. The van der Waals surface area contributed by atoms with E-state index in [1.807, 2.05) is 0 Å². The van der Waals surface area contributed by atoms with E-state index in [-0.39, 0.29) is 5.54 Å². The van der Waals surface area contributed by atoms with Crippen molar-refractivity contribution in [1.82, 2.24) is 5.06 Å². The SMILES string of the molecule is CCC(C)(C)N1OCCC1C(C)(C)C. The number of hydrogen-bond donors (Lipinski definition) is 0. The smallest absolute Gasteiger partial charge is 0.0701 e. The van der Waals surface area contributed by atoms with E-state index in [4.69, 9.17) is 4.84 Å². The highest BCUT2D eigenvalue weighted by Crippen LogP contribution is 2.37. The van der Waals surface area contributed by atoms with Crippen LogP contribution in [0.15, 0.2) is 0 Å². The molecule has 0 saturated carbocycles. The van der Waals surface area contributed by atoms with E-state index in [1.165, 1.54) is 0 Å². The topological polar surface area (TPSA) is 12.5 Å². The van der Waals surface area contributed by atoms with Crippen molar-refractivity contribution in [3.05, 3.63) is 0 Å². The standard InChI is InChI=1S/C12H25NO/c1-7-12(5,6)13-10(8-9-14-13)11(2,3)4/h10H,7-9H2,1-6H3. The van der Waals surface area contributed by atoms with Crippen molar-refractivity contribution in [3.63, 3.8) is 0 Å². The summed E-state index contributed by atoms with van der Waals surface area (Å²) in [7, 11) is 0. The van der Waals surface area contributed by atoms with E-state index in [0.29, 0.717) is 11.5 Å². The van der Waals surface area contributed by atoms with Gasteiger partial charge in [-0.1, -0.05) is 27.7 Å². The van der Waals surface area contributed by atoms with Crippen molar-refractivity contribution in [2.75, 3.05) is 6.61 Å². The maximum Gasteiger partial charge on any atom is 0.0701 e. The number of hydroxylamine groups is 2. The molecule has 2 heteroatoms. The minimum atomic E-state index is 0.161. The highest BCUT2D eigenvalue weighted by atomic mass is 16.7. The summed E-state index contributed by atoms with van der Waals surface area (Å²) in [5.41, 5.74) is 0.470. The summed E-state index contributed by atoms with van der Waals surface area (Å²) >= 11 is 0. The largest absolute Gasteiger partial charge is 0.298 e. The Morgan fingerprint density at radius 3 is 2.21 bits per heavy atom. The maximum atomic E-state index is 5.78. The molecule has 1 rings (SSSR count). The maximum absolute atomic E-state index is 5.78. The fourth-order valence-corrected chi connectivity index (χ4v) is 2.01. The molecule has 0 radical (unpaired) electrons. The summed E-state index contributed by atoms with van der Waals surface area (Å²) in [6.45, 7) is 14.5. The van der Waals surface area contributed by atoms with E-state index >= 15 is 0 Å². The molecule has 84 valence electrons. The summed E-state index contributed by atoms with van der Waals surface area (Å²) in [5.74, 6) is 0. The van der Waals surface area contributed by atoms with Crippen LogP contribution in [0.2, 0.25) is 0 Å².